The van der Waals surface area contributed by atoms with Gasteiger partial charge in [-0.2, -0.15) is 0 Å². The van der Waals surface area contributed by atoms with Gasteiger partial charge in [0.05, 0.1) is 12.0 Å². The molecule has 94 valence electrons. The van der Waals surface area contributed by atoms with Crippen molar-refractivity contribution in [1.82, 2.24) is 0 Å². The van der Waals surface area contributed by atoms with E-state index in [2.05, 4.69) is 0 Å². The highest BCUT2D eigenvalue weighted by atomic mass is 32.2. The van der Waals surface area contributed by atoms with Crippen LogP contribution in [0.15, 0.2) is 23.1 Å². The van der Waals surface area contributed by atoms with Crippen LogP contribution in [-0.4, -0.2) is 31.9 Å². The molecule has 0 radical (unpaired) electrons. The van der Waals surface area contributed by atoms with E-state index in [-0.39, 0.29) is 4.90 Å². The number of carboxylic acid groups (broad SMARTS) is 1. The molecular weight excluding hydrogens is 244 g/mol. The van der Waals surface area contributed by atoms with Gasteiger partial charge < -0.3 is 9.84 Å². The number of aliphatic carboxylic acids is 1. The zero-order chi connectivity index (χ0) is 13.2. The number of methoxy groups -OCH3 is 1. The van der Waals surface area contributed by atoms with Crippen LogP contribution in [-0.2, 0) is 14.6 Å². The minimum atomic E-state index is -3.84. The van der Waals surface area contributed by atoms with Crippen molar-refractivity contribution >= 4 is 15.8 Å². The van der Waals surface area contributed by atoms with Crippen LogP contribution in [0.25, 0.3) is 0 Å². The second-order valence-electron chi connectivity index (χ2n) is 3.66. The molecule has 0 saturated carbocycles. The average Bonchev–Trinajstić information content (AvgIpc) is 2.27. The molecule has 0 spiro atoms. The average molecular weight is 258 g/mol. The van der Waals surface area contributed by atoms with Crippen molar-refractivity contribution < 1.29 is 23.1 Å². The summed E-state index contributed by atoms with van der Waals surface area (Å²) in [6, 6.07) is 4.27. The zero-order valence-corrected chi connectivity index (χ0v) is 10.6. The second-order valence-corrected chi connectivity index (χ2v) is 5.93. The third kappa shape index (κ3) is 2.58. The van der Waals surface area contributed by atoms with Crippen LogP contribution < -0.4 is 4.74 Å². The molecule has 0 aromatic heterocycles. The van der Waals surface area contributed by atoms with Gasteiger partial charge in [-0.1, -0.05) is 0 Å². The van der Waals surface area contributed by atoms with Gasteiger partial charge in [-0.25, -0.2) is 8.42 Å². The summed E-state index contributed by atoms with van der Waals surface area (Å²) < 4.78 is 28.8. The molecule has 6 heteroatoms. The van der Waals surface area contributed by atoms with Gasteiger partial charge in [0, 0.05) is 0 Å². The van der Waals surface area contributed by atoms with E-state index < -0.39 is 21.1 Å². The fourth-order valence-corrected chi connectivity index (χ4v) is 2.64. The predicted octanol–water partition coefficient (Wildman–Crippen LogP) is 1.25. The van der Waals surface area contributed by atoms with Crippen molar-refractivity contribution in [3.8, 4) is 5.75 Å². The maximum absolute atomic E-state index is 11.9. The molecule has 0 bridgehead atoms. The summed E-state index contributed by atoms with van der Waals surface area (Å²) >= 11 is 0. The van der Waals surface area contributed by atoms with E-state index in [4.69, 9.17) is 9.84 Å². The minimum Gasteiger partial charge on any atom is -0.496 e. The van der Waals surface area contributed by atoms with Crippen molar-refractivity contribution in [3.05, 3.63) is 23.8 Å². The third-order valence-electron chi connectivity index (χ3n) is 2.51. The molecular formula is C11H14O5S. The number of rotatable bonds is 4. The first-order valence-electron chi connectivity index (χ1n) is 4.92. The van der Waals surface area contributed by atoms with Crippen LogP contribution in [0.2, 0.25) is 0 Å². The molecule has 0 saturated heterocycles. The second kappa shape index (κ2) is 4.75. The number of carboxylic acids is 1. The lowest BCUT2D eigenvalue weighted by molar-refractivity contribution is -0.136. The summed E-state index contributed by atoms with van der Waals surface area (Å²) in [6.07, 6.45) is 0. The van der Waals surface area contributed by atoms with E-state index in [0.29, 0.717) is 11.3 Å². The number of hydrogen-bond acceptors (Lipinski definition) is 4. The summed E-state index contributed by atoms with van der Waals surface area (Å²) in [5.74, 6) is -0.801. The van der Waals surface area contributed by atoms with Crippen molar-refractivity contribution in [2.75, 3.05) is 7.11 Å². The SMILES string of the molecule is COc1ccc(S(=O)(=O)C(C)C(=O)O)cc1C. The predicted molar refractivity (Wildman–Crippen MR) is 62.0 cm³/mol. The summed E-state index contributed by atoms with van der Waals surface area (Å²) in [4.78, 5) is 10.7. The zero-order valence-electron chi connectivity index (χ0n) is 9.80. The molecule has 0 heterocycles. The van der Waals surface area contributed by atoms with Gasteiger partial charge in [-0.15, -0.1) is 0 Å². The summed E-state index contributed by atoms with van der Waals surface area (Å²) in [5, 5.41) is 7.28. The Morgan fingerprint density at radius 2 is 2.00 bits per heavy atom. The van der Waals surface area contributed by atoms with E-state index in [0.717, 1.165) is 6.92 Å². The molecule has 0 aliphatic carbocycles. The molecule has 0 aliphatic rings. The van der Waals surface area contributed by atoms with E-state index in [1.165, 1.54) is 25.3 Å². The van der Waals surface area contributed by atoms with Crippen LogP contribution in [0.1, 0.15) is 12.5 Å². The first kappa shape index (κ1) is 13.5. The van der Waals surface area contributed by atoms with Crippen LogP contribution >= 0.6 is 0 Å². The van der Waals surface area contributed by atoms with Crippen LogP contribution in [0.3, 0.4) is 0 Å². The Bertz CT molecular complexity index is 533. The first-order valence-corrected chi connectivity index (χ1v) is 6.46. The lowest BCUT2D eigenvalue weighted by Gasteiger charge is -2.11. The fourth-order valence-electron chi connectivity index (χ4n) is 1.36. The Hall–Kier alpha value is -1.56. The molecule has 1 N–H and O–H groups in total. The van der Waals surface area contributed by atoms with Crippen molar-refractivity contribution in [1.29, 1.82) is 0 Å². The molecule has 17 heavy (non-hydrogen) atoms. The van der Waals surface area contributed by atoms with E-state index in [1.807, 2.05) is 0 Å². The van der Waals surface area contributed by atoms with Gasteiger partial charge in [0.15, 0.2) is 15.1 Å². The van der Waals surface area contributed by atoms with Gasteiger partial charge in [0.1, 0.15) is 5.75 Å². The number of sulfone groups is 1. The number of benzene rings is 1. The van der Waals surface area contributed by atoms with Crippen molar-refractivity contribution in [2.45, 2.75) is 24.0 Å². The van der Waals surface area contributed by atoms with E-state index >= 15 is 0 Å². The standard InChI is InChI=1S/C11H14O5S/c1-7-6-9(4-5-10(7)16-3)17(14,15)8(2)11(12)13/h4-6,8H,1-3H3,(H,12,13). The minimum absolute atomic E-state index is 0.00861. The molecule has 5 nitrogen and oxygen atoms in total. The van der Waals surface area contributed by atoms with Crippen LogP contribution in [0.5, 0.6) is 5.75 Å². The molecule has 1 unspecified atom stereocenters. The molecule has 0 aliphatic heterocycles. The Morgan fingerprint density at radius 1 is 1.41 bits per heavy atom. The normalized spacial score (nSPS) is 13.1. The van der Waals surface area contributed by atoms with Gasteiger partial charge in [-0.05, 0) is 37.6 Å². The van der Waals surface area contributed by atoms with Crippen molar-refractivity contribution in [3.63, 3.8) is 0 Å². The maximum atomic E-state index is 11.9. The highest BCUT2D eigenvalue weighted by Crippen LogP contribution is 2.23. The summed E-state index contributed by atoms with van der Waals surface area (Å²) in [7, 11) is -2.36. The monoisotopic (exact) mass is 258 g/mol. The lowest BCUT2D eigenvalue weighted by atomic mass is 10.2. The van der Waals surface area contributed by atoms with Gasteiger partial charge in [-0.3, -0.25) is 4.79 Å². The highest BCUT2D eigenvalue weighted by Gasteiger charge is 2.29. The number of ether oxygens (including phenoxy) is 1. The number of hydrogen-bond donors (Lipinski definition) is 1. The highest BCUT2D eigenvalue weighted by molar-refractivity contribution is 7.92. The Kier molecular flexibility index (Phi) is 3.77. The van der Waals surface area contributed by atoms with Gasteiger partial charge >= 0.3 is 5.97 Å². The van der Waals surface area contributed by atoms with E-state index in [1.54, 1.807) is 6.92 Å². The molecule has 1 aromatic rings. The molecule has 1 rings (SSSR count). The third-order valence-corrected chi connectivity index (χ3v) is 4.55. The van der Waals surface area contributed by atoms with Crippen molar-refractivity contribution in [2.24, 2.45) is 0 Å². The van der Waals surface area contributed by atoms with Gasteiger partial charge in [0.25, 0.3) is 0 Å². The fraction of sp³-hybridized carbons (Fsp3) is 0.364. The maximum Gasteiger partial charge on any atom is 0.321 e. The smallest absolute Gasteiger partial charge is 0.321 e. The molecule has 1 aromatic carbocycles. The topological polar surface area (TPSA) is 80.7 Å². The first-order chi connectivity index (χ1) is 7.80. The summed E-state index contributed by atoms with van der Waals surface area (Å²) in [6.45, 7) is 2.85. The molecule has 1 atom stereocenters. The Labute approximate surface area is 100.0 Å². The van der Waals surface area contributed by atoms with Crippen LogP contribution in [0, 0.1) is 6.92 Å². The quantitative estimate of drug-likeness (QED) is 0.879. The Morgan fingerprint density at radius 3 is 2.41 bits per heavy atom. The largest absolute Gasteiger partial charge is 0.496 e. The molecule has 0 amide bonds. The number of carbonyl (C=O) groups is 1. The molecule has 0 fully saturated rings. The van der Waals surface area contributed by atoms with E-state index in [9.17, 15) is 13.2 Å². The van der Waals surface area contributed by atoms with Gasteiger partial charge in [0.2, 0.25) is 0 Å². The Balaban J connectivity index is 3.26. The summed E-state index contributed by atoms with van der Waals surface area (Å²) in [5.41, 5.74) is 0.645. The lowest BCUT2D eigenvalue weighted by Crippen LogP contribution is -2.26. The number of aryl methyl sites for hydroxylation is 1. The van der Waals surface area contributed by atoms with Crippen LogP contribution in [0.4, 0.5) is 0 Å².